The number of rotatable bonds is 4. The number of benzene rings is 1. The number of nitrogens with zero attached hydrogens (tertiary/aromatic N) is 1. The van der Waals surface area contributed by atoms with Gasteiger partial charge in [0.05, 0.1) is 11.0 Å². The van der Waals surface area contributed by atoms with E-state index in [4.69, 9.17) is 5.73 Å². The van der Waals surface area contributed by atoms with Crippen LogP contribution in [0.2, 0.25) is 0 Å². The van der Waals surface area contributed by atoms with Crippen LogP contribution in [0.1, 0.15) is 25.0 Å². The van der Waals surface area contributed by atoms with Gasteiger partial charge < -0.3 is 5.73 Å². The van der Waals surface area contributed by atoms with E-state index in [1.165, 1.54) is 5.56 Å². The molecule has 0 saturated heterocycles. The van der Waals surface area contributed by atoms with Crippen molar-refractivity contribution in [3.63, 3.8) is 0 Å². The largest absolute Gasteiger partial charge is 0.398 e. The van der Waals surface area contributed by atoms with Gasteiger partial charge in [0.2, 0.25) is 0 Å². The highest BCUT2D eigenvalue weighted by atomic mass is 32.2. The molecule has 106 valence electrons. The van der Waals surface area contributed by atoms with Gasteiger partial charge in [-0.1, -0.05) is 12.1 Å². The quantitative estimate of drug-likeness (QED) is 0.849. The third kappa shape index (κ3) is 3.28. The first-order chi connectivity index (χ1) is 8.90. The summed E-state index contributed by atoms with van der Waals surface area (Å²) in [7, 11) is -2.96. The number of fused-ring (bicyclic) bond motifs is 1. The predicted octanol–water partition coefficient (Wildman–Crippen LogP) is 1.45. The van der Waals surface area contributed by atoms with E-state index >= 15 is 0 Å². The number of hydrogen-bond donors (Lipinski definition) is 1. The van der Waals surface area contributed by atoms with E-state index in [9.17, 15) is 8.42 Å². The van der Waals surface area contributed by atoms with Gasteiger partial charge in [0, 0.05) is 25.3 Å². The van der Waals surface area contributed by atoms with E-state index in [0.29, 0.717) is 6.54 Å². The predicted molar refractivity (Wildman–Crippen MR) is 78.8 cm³/mol. The average Bonchev–Trinajstić information content (AvgIpc) is 2.37. The zero-order chi connectivity index (χ0) is 14.0. The summed E-state index contributed by atoms with van der Waals surface area (Å²) in [5.74, 6) is 0.229. The van der Waals surface area contributed by atoms with E-state index in [2.05, 4.69) is 11.0 Å². The van der Waals surface area contributed by atoms with Crippen molar-refractivity contribution in [2.45, 2.75) is 32.1 Å². The molecule has 0 radical (unpaired) electrons. The molecule has 19 heavy (non-hydrogen) atoms. The minimum absolute atomic E-state index is 0.229. The van der Waals surface area contributed by atoms with Crippen LogP contribution in [0.25, 0.3) is 0 Å². The van der Waals surface area contributed by atoms with Crippen LogP contribution in [-0.2, 0) is 22.8 Å². The third-order valence-electron chi connectivity index (χ3n) is 3.80. The molecule has 0 fully saturated rings. The standard InChI is InChI=1S/C14H22N2O2S/c1-11(2)19(17,18)9-8-16-7-6-12-4-3-5-14(15)13(12)10-16/h3-5,11H,6-10,15H2,1-2H3. The van der Waals surface area contributed by atoms with Gasteiger partial charge in [0.25, 0.3) is 0 Å². The van der Waals surface area contributed by atoms with E-state index < -0.39 is 9.84 Å². The molecule has 2 rings (SSSR count). The van der Waals surface area contributed by atoms with Gasteiger partial charge in [0.1, 0.15) is 0 Å². The van der Waals surface area contributed by atoms with E-state index in [1.807, 2.05) is 12.1 Å². The van der Waals surface area contributed by atoms with Gasteiger partial charge in [0.15, 0.2) is 9.84 Å². The normalized spacial score (nSPS) is 16.6. The van der Waals surface area contributed by atoms with Crippen LogP contribution in [0, 0.1) is 0 Å². The molecule has 0 saturated carbocycles. The first-order valence-corrected chi connectivity index (χ1v) is 8.42. The van der Waals surface area contributed by atoms with E-state index in [1.54, 1.807) is 13.8 Å². The molecule has 0 unspecified atom stereocenters. The molecule has 0 atom stereocenters. The van der Waals surface area contributed by atoms with Gasteiger partial charge in [-0.25, -0.2) is 8.42 Å². The monoisotopic (exact) mass is 282 g/mol. The van der Waals surface area contributed by atoms with Gasteiger partial charge in [-0.05, 0) is 37.5 Å². The summed E-state index contributed by atoms with van der Waals surface area (Å²) < 4.78 is 23.7. The van der Waals surface area contributed by atoms with Crippen molar-refractivity contribution in [1.29, 1.82) is 0 Å². The third-order valence-corrected chi connectivity index (χ3v) is 5.99. The molecule has 0 spiro atoms. The Morgan fingerprint density at radius 1 is 1.37 bits per heavy atom. The Labute approximate surface area is 115 Å². The Morgan fingerprint density at radius 2 is 2.11 bits per heavy atom. The molecule has 0 aliphatic carbocycles. The number of hydrogen-bond acceptors (Lipinski definition) is 4. The van der Waals surface area contributed by atoms with Gasteiger partial charge in [-0.15, -0.1) is 0 Å². The lowest BCUT2D eigenvalue weighted by molar-refractivity contribution is 0.269. The van der Waals surface area contributed by atoms with E-state index in [0.717, 1.165) is 30.8 Å². The number of anilines is 1. The molecule has 1 aliphatic heterocycles. The molecule has 0 bridgehead atoms. The highest BCUT2D eigenvalue weighted by molar-refractivity contribution is 7.92. The molecule has 1 heterocycles. The summed E-state index contributed by atoms with van der Waals surface area (Å²) in [5.41, 5.74) is 9.26. The average molecular weight is 282 g/mol. The lowest BCUT2D eigenvalue weighted by atomic mass is 9.98. The maximum Gasteiger partial charge on any atom is 0.153 e. The summed E-state index contributed by atoms with van der Waals surface area (Å²) in [5, 5.41) is -0.297. The highest BCUT2D eigenvalue weighted by Crippen LogP contribution is 2.24. The number of nitrogens with two attached hydrogens (primary N) is 1. The van der Waals surface area contributed by atoms with Crippen LogP contribution in [0.15, 0.2) is 18.2 Å². The van der Waals surface area contributed by atoms with Crippen LogP contribution >= 0.6 is 0 Å². The summed E-state index contributed by atoms with van der Waals surface area (Å²) in [6, 6.07) is 5.99. The van der Waals surface area contributed by atoms with Crippen LogP contribution in [-0.4, -0.2) is 37.4 Å². The Hall–Kier alpha value is -1.07. The first kappa shape index (κ1) is 14.3. The molecular weight excluding hydrogens is 260 g/mol. The lowest BCUT2D eigenvalue weighted by Gasteiger charge is -2.29. The minimum atomic E-state index is -2.96. The van der Waals surface area contributed by atoms with Crippen molar-refractivity contribution >= 4 is 15.5 Å². The van der Waals surface area contributed by atoms with Crippen molar-refractivity contribution in [1.82, 2.24) is 4.90 Å². The Morgan fingerprint density at radius 3 is 2.79 bits per heavy atom. The maximum atomic E-state index is 11.8. The second kappa shape index (κ2) is 5.51. The topological polar surface area (TPSA) is 63.4 Å². The van der Waals surface area contributed by atoms with Crippen LogP contribution in [0.4, 0.5) is 5.69 Å². The molecule has 5 heteroatoms. The fraction of sp³-hybridized carbons (Fsp3) is 0.571. The summed E-state index contributed by atoms with van der Waals surface area (Å²) >= 11 is 0. The van der Waals surface area contributed by atoms with Gasteiger partial charge >= 0.3 is 0 Å². The molecule has 1 aromatic carbocycles. The van der Waals surface area contributed by atoms with Crippen molar-refractivity contribution in [2.24, 2.45) is 0 Å². The SMILES string of the molecule is CC(C)S(=O)(=O)CCN1CCc2cccc(N)c2C1. The zero-order valence-electron chi connectivity index (χ0n) is 11.6. The van der Waals surface area contributed by atoms with Crippen molar-refractivity contribution < 1.29 is 8.42 Å². The molecule has 0 amide bonds. The Bertz CT molecular complexity index is 553. The fourth-order valence-corrected chi connectivity index (χ4v) is 3.33. The second-order valence-corrected chi connectivity index (χ2v) is 8.10. The summed E-state index contributed by atoms with van der Waals surface area (Å²) in [4.78, 5) is 2.18. The van der Waals surface area contributed by atoms with Crippen LogP contribution in [0.3, 0.4) is 0 Å². The number of sulfone groups is 1. The Balaban J connectivity index is 2.01. The first-order valence-electron chi connectivity index (χ1n) is 6.70. The fourth-order valence-electron chi connectivity index (χ4n) is 2.35. The van der Waals surface area contributed by atoms with Crippen molar-refractivity contribution in [3.05, 3.63) is 29.3 Å². The molecule has 1 aliphatic rings. The van der Waals surface area contributed by atoms with Gasteiger partial charge in [-0.3, -0.25) is 4.90 Å². The van der Waals surface area contributed by atoms with E-state index in [-0.39, 0.29) is 11.0 Å². The highest BCUT2D eigenvalue weighted by Gasteiger charge is 2.21. The molecule has 0 aromatic heterocycles. The summed E-state index contributed by atoms with van der Waals surface area (Å²) in [6.45, 7) is 5.73. The van der Waals surface area contributed by atoms with Crippen molar-refractivity contribution in [2.75, 3.05) is 24.6 Å². The molecular formula is C14H22N2O2S. The summed E-state index contributed by atoms with van der Waals surface area (Å²) in [6.07, 6.45) is 0.947. The maximum absolute atomic E-state index is 11.8. The molecule has 2 N–H and O–H groups in total. The Kier molecular flexibility index (Phi) is 4.16. The van der Waals surface area contributed by atoms with Crippen molar-refractivity contribution in [3.8, 4) is 0 Å². The molecule has 1 aromatic rings. The number of nitrogen functional groups attached to an aromatic ring is 1. The smallest absolute Gasteiger partial charge is 0.153 e. The minimum Gasteiger partial charge on any atom is -0.398 e. The van der Waals surface area contributed by atoms with Gasteiger partial charge in [-0.2, -0.15) is 0 Å². The lowest BCUT2D eigenvalue weighted by Crippen LogP contribution is -2.36. The molecule has 4 nitrogen and oxygen atoms in total. The second-order valence-electron chi connectivity index (χ2n) is 5.43. The van der Waals surface area contributed by atoms with Crippen LogP contribution in [0.5, 0.6) is 0 Å². The van der Waals surface area contributed by atoms with Crippen LogP contribution < -0.4 is 5.73 Å². The zero-order valence-corrected chi connectivity index (χ0v) is 12.4.